The summed E-state index contributed by atoms with van der Waals surface area (Å²) in [5.74, 6) is 1.45. The quantitative estimate of drug-likeness (QED) is 0.329. The van der Waals surface area contributed by atoms with Crippen molar-refractivity contribution < 1.29 is 4.42 Å². The van der Waals surface area contributed by atoms with Crippen LogP contribution in [0.2, 0.25) is 0 Å². The number of para-hydroxylation sites is 1. The molecule has 4 aromatic rings. The number of rotatable bonds is 5. The Morgan fingerprint density at radius 1 is 1.08 bits per heavy atom. The molecule has 0 atom stereocenters. The number of hydrogen-bond acceptors (Lipinski definition) is 4. The van der Waals surface area contributed by atoms with E-state index in [1.807, 2.05) is 48.5 Å². The Morgan fingerprint density at radius 3 is 2.77 bits per heavy atom. The first-order valence-corrected chi connectivity index (χ1v) is 9.88. The van der Waals surface area contributed by atoms with E-state index in [0.29, 0.717) is 22.6 Å². The molecule has 0 aliphatic rings. The monoisotopic (exact) mass is 426 g/mol. The van der Waals surface area contributed by atoms with E-state index in [0.717, 1.165) is 21.5 Å². The van der Waals surface area contributed by atoms with E-state index in [1.165, 1.54) is 0 Å². The zero-order valence-electron chi connectivity index (χ0n) is 13.8. The van der Waals surface area contributed by atoms with Gasteiger partial charge in [0, 0.05) is 10.2 Å². The molecule has 130 valence electrons. The average molecular weight is 427 g/mol. The third-order valence-corrected chi connectivity index (χ3v) is 5.52. The van der Waals surface area contributed by atoms with Crippen molar-refractivity contribution in [1.82, 2.24) is 9.55 Å². The molecule has 2 aromatic carbocycles. The van der Waals surface area contributed by atoms with Crippen LogP contribution < -0.4 is 5.56 Å². The molecule has 0 saturated heterocycles. The smallest absolute Gasteiger partial charge is 0.262 e. The minimum atomic E-state index is -0.0521. The lowest BCUT2D eigenvalue weighted by molar-refractivity contribution is 0.476. The Hall–Kier alpha value is -2.31. The Bertz CT molecular complexity index is 1110. The number of halogens is 1. The molecular weight excluding hydrogens is 412 g/mol. The first-order chi connectivity index (χ1) is 12.7. The van der Waals surface area contributed by atoms with E-state index in [-0.39, 0.29) is 5.56 Å². The van der Waals surface area contributed by atoms with Gasteiger partial charge in [-0.05, 0) is 42.0 Å². The molecule has 0 bridgehead atoms. The number of fused-ring (bicyclic) bond motifs is 1. The largest absolute Gasteiger partial charge is 0.467 e. The number of benzene rings is 2. The van der Waals surface area contributed by atoms with Crippen LogP contribution in [0.3, 0.4) is 0 Å². The minimum Gasteiger partial charge on any atom is -0.467 e. The molecule has 0 aliphatic carbocycles. The van der Waals surface area contributed by atoms with Gasteiger partial charge in [-0.15, -0.1) is 0 Å². The second-order valence-electron chi connectivity index (χ2n) is 5.80. The second kappa shape index (κ2) is 7.51. The standard InChI is InChI=1S/C20H15BrN2O2S/c21-15-6-3-5-14(11-15)13-26-20-22-18-9-2-1-8-17(18)19(24)23(20)12-16-7-4-10-25-16/h1-11H,12-13H2. The van der Waals surface area contributed by atoms with E-state index < -0.39 is 0 Å². The highest BCUT2D eigenvalue weighted by Crippen LogP contribution is 2.24. The van der Waals surface area contributed by atoms with Gasteiger partial charge in [-0.1, -0.05) is 52.0 Å². The number of hydrogen-bond donors (Lipinski definition) is 0. The van der Waals surface area contributed by atoms with Crippen molar-refractivity contribution in [2.45, 2.75) is 17.5 Å². The van der Waals surface area contributed by atoms with Crippen LogP contribution in [-0.2, 0) is 12.3 Å². The molecule has 26 heavy (non-hydrogen) atoms. The molecule has 0 N–H and O–H groups in total. The minimum absolute atomic E-state index is 0.0521. The summed E-state index contributed by atoms with van der Waals surface area (Å²) in [5.41, 5.74) is 1.82. The van der Waals surface area contributed by atoms with E-state index in [1.54, 1.807) is 22.6 Å². The highest BCUT2D eigenvalue weighted by atomic mass is 79.9. The normalized spacial score (nSPS) is 11.1. The summed E-state index contributed by atoms with van der Waals surface area (Å²) in [6.45, 7) is 0.366. The summed E-state index contributed by atoms with van der Waals surface area (Å²) < 4.78 is 8.16. The van der Waals surface area contributed by atoms with Crippen LogP contribution >= 0.6 is 27.7 Å². The van der Waals surface area contributed by atoms with Crippen LogP contribution in [0.1, 0.15) is 11.3 Å². The highest BCUT2D eigenvalue weighted by Gasteiger charge is 2.13. The van der Waals surface area contributed by atoms with Crippen molar-refractivity contribution >= 4 is 38.6 Å². The molecule has 0 saturated carbocycles. The first kappa shape index (κ1) is 17.1. The molecule has 4 rings (SSSR count). The Labute approximate surface area is 163 Å². The summed E-state index contributed by atoms with van der Waals surface area (Å²) in [6, 6.07) is 19.3. The van der Waals surface area contributed by atoms with Gasteiger partial charge < -0.3 is 4.42 Å². The Morgan fingerprint density at radius 2 is 1.96 bits per heavy atom. The lowest BCUT2D eigenvalue weighted by atomic mass is 10.2. The van der Waals surface area contributed by atoms with E-state index in [2.05, 4.69) is 28.1 Å². The van der Waals surface area contributed by atoms with Crippen molar-refractivity contribution in [3.8, 4) is 0 Å². The summed E-state index contributed by atoms with van der Waals surface area (Å²) in [6.07, 6.45) is 1.61. The van der Waals surface area contributed by atoms with E-state index in [4.69, 9.17) is 9.40 Å². The zero-order chi connectivity index (χ0) is 17.9. The predicted octanol–water partition coefficient (Wildman–Crippen LogP) is 5.09. The van der Waals surface area contributed by atoms with E-state index in [9.17, 15) is 4.79 Å². The predicted molar refractivity (Wildman–Crippen MR) is 108 cm³/mol. The molecule has 4 nitrogen and oxygen atoms in total. The molecule has 0 aliphatic heterocycles. The van der Waals surface area contributed by atoms with Crippen molar-refractivity contribution in [2.24, 2.45) is 0 Å². The topological polar surface area (TPSA) is 48.0 Å². The lowest BCUT2D eigenvalue weighted by Crippen LogP contribution is -2.23. The van der Waals surface area contributed by atoms with Crippen LogP contribution in [-0.4, -0.2) is 9.55 Å². The van der Waals surface area contributed by atoms with Crippen LogP contribution in [0.15, 0.2) is 85.8 Å². The van der Waals surface area contributed by atoms with Crippen molar-refractivity contribution in [1.29, 1.82) is 0 Å². The van der Waals surface area contributed by atoms with Gasteiger partial charge >= 0.3 is 0 Å². The molecule has 0 amide bonds. The summed E-state index contributed by atoms with van der Waals surface area (Å²) in [5, 5.41) is 1.30. The fraction of sp³-hybridized carbons (Fsp3) is 0.100. The Balaban J connectivity index is 1.74. The van der Waals surface area contributed by atoms with Gasteiger partial charge in [0.25, 0.3) is 5.56 Å². The lowest BCUT2D eigenvalue weighted by Gasteiger charge is -2.12. The van der Waals surface area contributed by atoms with Gasteiger partial charge in [-0.25, -0.2) is 4.98 Å². The zero-order valence-corrected chi connectivity index (χ0v) is 16.2. The second-order valence-corrected chi connectivity index (χ2v) is 7.66. The van der Waals surface area contributed by atoms with Crippen molar-refractivity contribution in [3.05, 3.63) is 93.1 Å². The van der Waals surface area contributed by atoms with Gasteiger partial charge in [0.15, 0.2) is 5.16 Å². The summed E-state index contributed by atoms with van der Waals surface area (Å²) in [4.78, 5) is 17.7. The third kappa shape index (κ3) is 3.61. The maximum absolute atomic E-state index is 13.0. The molecule has 2 heterocycles. The first-order valence-electron chi connectivity index (χ1n) is 8.10. The van der Waals surface area contributed by atoms with Gasteiger partial charge in [0.1, 0.15) is 5.76 Å². The third-order valence-electron chi connectivity index (χ3n) is 3.98. The molecular formula is C20H15BrN2O2S. The van der Waals surface area contributed by atoms with Crippen LogP contribution in [0.5, 0.6) is 0 Å². The van der Waals surface area contributed by atoms with Gasteiger partial charge in [-0.3, -0.25) is 9.36 Å². The number of thioether (sulfide) groups is 1. The van der Waals surface area contributed by atoms with Crippen molar-refractivity contribution in [2.75, 3.05) is 0 Å². The number of nitrogens with zero attached hydrogens (tertiary/aromatic N) is 2. The molecule has 0 fully saturated rings. The van der Waals surface area contributed by atoms with Crippen LogP contribution in [0.4, 0.5) is 0 Å². The molecule has 2 aromatic heterocycles. The fourth-order valence-electron chi connectivity index (χ4n) is 2.73. The van der Waals surface area contributed by atoms with Gasteiger partial charge in [0.2, 0.25) is 0 Å². The molecule has 6 heteroatoms. The van der Waals surface area contributed by atoms with Gasteiger partial charge in [-0.2, -0.15) is 0 Å². The van der Waals surface area contributed by atoms with Crippen LogP contribution in [0.25, 0.3) is 10.9 Å². The number of furan rings is 1. The maximum atomic E-state index is 13.0. The average Bonchev–Trinajstić information content (AvgIpc) is 3.16. The summed E-state index contributed by atoms with van der Waals surface area (Å²) >= 11 is 5.04. The van der Waals surface area contributed by atoms with Crippen molar-refractivity contribution in [3.63, 3.8) is 0 Å². The maximum Gasteiger partial charge on any atom is 0.262 e. The fourth-order valence-corrected chi connectivity index (χ4v) is 4.12. The Kier molecular flexibility index (Phi) is 4.95. The van der Waals surface area contributed by atoms with E-state index >= 15 is 0 Å². The SMILES string of the molecule is O=c1c2ccccc2nc(SCc2cccc(Br)c2)n1Cc1ccco1. The van der Waals surface area contributed by atoms with Crippen LogP contribution in [0, 0.1) is 0 Å². The molecule has 0 spiro atoms. The number of aromatic nitrogens is 2. The van der Waals surface area contributed by atoms with Gasteiger partial charge in [0.05, 0.1) is 23.7 Å². The highest BCUT2D eigenvalue weighted by molar-refractivity contribution is 9.10. The molecule has 0 radical (unpaired) electrons. The summed E-state index contributed by atoms with van der Waals surface area (Å²) in [7, 11) is 0. The molecule has 0 unspecified atom stereocenters.